The van der Waals surface area contributed by atoms with Crippen molar-refractivity contribution in [3.63, 3.8) is 0 Å². The normalized spacial score (nSPS) is 23.8. The topological polar surface area (TPSA) is 130 Å². The second-order valence-corrected chi connectivity index (χ2v) is 6.18. The molecule has 0 spiro atoms. The van der Waals surface area contributed by atoms with Gasteiger partial charge < -0.3 is 18.9 Å². The number of hydrazone groups is 1. The van der Waals surface area contributed by atoms with Gasteiger partial charge in [0.1, 0.15) is 6.10 Å². The first-order valence-corrected chi connectivity index (χ1v) is 8.79. The Bertz CT molecular complexity index is 780. The maximum absolute atomic E-state index is 12.1. The molecule has 29 heavy (non-hydrogen) atoms. The first-order chi connectivity index (χ1) is 13.8. The van der Waals surface area contributed by atoms with Crippen LogP contribution in [0.15, 0.2) is 35.4 Å². The highest BCUT2D eigenvalue weighted by Gasteiger charge is 2.46. The number of hydrogen-bond donors (Lipinski definition) is 1. The molecule has 1 aromatic rings. The molecular formula is C19H22N2O8. The first kappa shape index (κ1) is 22.0. The van der Waals surface area contributed by atoms with E-state index in [9.17, 15) is 19.2 Å². The number of hydrogen-bond acceptors (Lipinski definition) is 9. The minimum Gasteiger partial charge on any atom is -0.456 e. The summed E-state index contributed by atoms with van der Waals surface area (Å²) in [6.07, 6.45) is -2.94. The zero-order chi connectivity index (χ0) is 21.4. The van der Waals surface area contributed by atoms with Gasteiger partial charge in [-0.25, -0.2) is 5.43 Å². The quantitative estimate of drug-likeness (QED) is 0.315. The molecule has 0 aromatic heterocycles. The molecule has 1 heterocycles. The minimum absolute atomic E-state index is 0.126. The Balaban J connectivity index is 2.15. The van der Waals surface area contributed by atoms with Crippen molar-refractivity contribution in [3.05, 3.63) is 35.9 Å². The molecule has 156 valence electrons. The van der Waals surface area contributed by atoms with Crippen molar-refractivity contribution in [2.45, 2.75) is 45.2 Å². The van der Waals surface area contributed by atoms with Gasteiger partial charge in [-0.05, 0) is 12.1 Å². The highest BCUT2D eigenvalue weighted by molar-refractivity contribution is 5.94. The highest BCUT2D eigenvalue weighted by atomic mass is 16.6. The molecule has 0 bridgehead atoms. The smallest absolute Gasteiger partial charge is 0.303 e. The van der Waals surface area contributed by atoms with Crippen molar-refractivity contribution in [1.29, 1.82) is 0 Å². The van der Waals surface area contributed by atoms with Gasteiger partial charge in [-0.2, -0.15) is 5.10 Å². The zero-order valence-corrected chi connectivity index (χ0v) is 16.2. The largest absolute Gasteiger partial charge is 0.456 e. The molecule has 10 heteroatoms. The predicted octanol–water partition coefficient (Wildman–Crippen LogP) is 0.596. The van der Waals surface area contributed by atoms with Gasteiger partial charge in [0.25, 0.3) is 5.91 Å². The van der Waals surface area contributed by atoms with E-state index in [1.165, 1.54) is 27.0 Å². The lowest BCUT2D eigenvalue weighted by Gasteiger charge is -2.39. The molecule has 1 aliphatic rings. The third-order valence-corrected chi connectivity index (χ3v) is 3.81. The Morgan fingerprint density at radius 3 is 2.14 bits per heavy atom. The first-order valence-electron chi connectivity index (χ1n) is 8.79. The molecule has 1 fully saturated rings. The Morgan fingerprint density at radius 1 is 0.966 bits per heavy atom. The van der Waals surface area contributed by atoms with Crippen LogP contribution < -0.4 is 5.43 Å². The summed E-state index contributed by atoms with van der Waals surface area (Å²) in [7, 11) is 0. The standard InChI is InChI=1S/C19H22N2O8/c1-11(22)27-16-10-26-15(17(28-12(2)23)18(16)29-13(3)24)9-20-21-19(25)14-7-5-4-6-8-14/h4-9,15-18H,10H2,1-3H3,(H,21,25)/b20-9+/t15-,16+,17-,18-/m0/s1. The van der Waals surface area contributed by atoms with Crippen molar-refractivity contribution in [1.82, 2.24) is 5.43 Å². The summed E-state index contributed by atoms with van der Waals surface area (Å²) in [6, 6.07) is 8.42. The molecule has 1 N–H and O–H groups in total. The number of nitrogens with one attached hydrogen (secondary N) is 1. The summed E-state index contributed by atoms with van der Waals surface area (Å²) >= 11 is 0. The zero-order valence-electron chi connectivity index (χ0n) is 16.2. The number of carbonyl (C=O) groups is 4. The minimum atomic E-state index is -1.13. The van der Waals surface area contributed by atoms with E-state index in [1.807, 2.05) is 0 Å². The lowest BCUT2D eigenvalue weighted by atomic mass is 9.99. The Hall–Kier alpha value is -3.27. The molecule has 4 atom stereocenters. The molecule has 1 saturated heterocycles. The van der Waals surface area contributed by atoms with Crippen molar-refractivity contribution in [3.8, 4) is 0 Å². The number of ether oxygens (including phenoxy) is 4. The third-order valence-electron chi connectivity index (χ3n) is 3.81. The second kappa shape index (κ2) is 10.3. The SMILES string of the molecule is CC(=O)O[C@@H]1[C@@H](OC(C)=O)[C@H](OC(C)=O)CO[C@H]1/C=N/NC(=O)c1ccccc1. The number of carbonyl (C=O) groups excluding carboxylic acids is 4. The van der Waals surface area contributed by atoms with Crippen LogP contribution >= 0.6 is 0 Å². The second-order valence-electron chi connectivity index (χ2n) is 6.18. The lowest BCUT2D eigenvalue weighted by molar-refractivity contribution is -0.215. The van der Waals surface area contributed by atoms with Crippen LogP contribution in [0.2, 0.25) is 0 Å². The summed E-state index contributed by atoms with van der Waals surface area (Å²) in [5.41, 5.74) is 2.74. The summed E-state index contributed by atoms with van der Waals surface area (Å²) in [5.74, 6) is -2.37. The predicted molar refractivity (Wildman–Crippen MR) is 98.8 cm³/mol. The fraction of sp³-hybridized carbons (Fsp3) is 0.421. The summed E-state index contributed by atoms with van der Waals surface area (Å²) in [5, 5.41) is 3.84. The fourth-order valence-corrected chi connectivity index (χ4v) is 2.72. The van der Waals surface area contributed by atoms with Crippen LogP contribution in [0.3, 0.4) is 0 Å². The van der Waals surface area contributed by atoms with E-state index in [0.29, 0.717) is 5.56 Å². The van der Waals surface area contributed by atoms with Gasteiger partial charge >= 0.3 is 17.9 Å². The van der Waals surface area contributed by atoms with Gasteiger partial charge in [0, 0.05) is 26.3 Å². The summed E-state index contributed by atoms with van der Waals surface area (Å²) in [6.45, 7) is 3.41. The monoisotopic (exact) mass is 406 g/mol. The van der Waals surface area contributed by atoms with Gasteiger partial charge in [0.15, 0.2) is 18.3 Å². The van der Waals surface area contributed by atoms with Gasteiger partial charge in [0.05, 0.1) is 12.8 Å². The molecule has 10 nitrogen and oxygen atoms in total. The van der Waals surface area contributed by atoms with Crippen LogP contribution in [0, 0.1) is 0 Å². The van der Waals surface area contributed by atoms with E-state index in [4.69, 9.17) is 18.9 Å². The van der Waals surface area contributed by atoms with Crippen LogP contribution in [0.1, 0.15) is 31.1 Å². The lowest BCUT2D eigenvalue weighted by Crippen LogP contribution is -2.58. The maximum Gasteiger partial charge on any atom is 0.303 e. The Kier molecular flexibility index (Phi) is 7.84. The number of amides is 1. The summed E-state index contributed by atoms with van der Waals surface area (Å²) < 4.78 is 21.1. The summed E-state index contributed by atoms with van der Waals surface area (Å²) in [4.78, 5) is 46.4. The third kappa shape index (κ3) is 6.68. The van der Waals surface area contributed by atoms with Crippen molar-refractivity contribution in [2.24, 2.45) is 5.10 Å². The molecule has 1 aliphatic heterocycles. The van der Waals surface area contributed by atoms with Crippen molar-refractivity contribution < 1.29 is 38.1 Å². The van der Waals surface area contributed by atoms with E-state index in [-0.39, 0.29) is 6.61 Å². The molecule has 0 saturated carbocycles. The molecule has 1 amide bonds. The van der Waals surface area contributed by atoms with Gasteiger partial charge in [-0.3, -0.25) is 19.2 Å². The van der Waals surface area contributed by atoms with E-state index in [2.05, 4.69) is 10.5 Å². The average Bonchev–Trinajstić information content (AvgIpc) is 2.65. The molecule has 2 rings (SSSR count). The van der Waals surface area contributed by atoms with Gasteiger partial charge in [-0.1, -0.05) is 18.2 Å². The molecule has 1 aromatic carbocycles. The Morgan fingerprint density at radius 2 is 1.55 bits per heavy atom. The van der Waals surface area contributed by atoms with E-state index >= 15 is 0 Å². The number of esters is 3. The van der Waals surface area contributed by atoms with Crippen LogP contribution in [0.5, 0.6) is 0 Å². The molecule has 0 radical (unpaired) electrons. The van der Waals surface area contributed by atoms with Crippen LogP contribution in [0.25, 0.3) is 0 Å². The van der Waals surface area contributed by atoms with E-state index < -0.39 is 48.2 Å². The molecule has 0 unspecified atom stereocenters. The maximum atomic E-state index is 12.1. The van der Waals surface area contributed by atoms with Gasteiger partial charge in [0.2, 0.25) is 0 Å². The Labute approximate surface area is 167 Å². The van der Waals surface area contributed by atoms with Crippen LogP contribution in [0.4, 0.5) is 0 Å². The molecular weight excluding hydrogens is 384 g/mol. The van der Waals surface area contributed by atoms with Crippen LogP contribution in [-0.4, -0.2) is 61.1 Å². The number of nitrogens with zero attached hydrogens (tertiary/aromatic N) is 1. The van der Waals surface area contributed by atoms with Crippen LogP contribution in [-0.2, 0) is 33.3 Å². The van der Waals surface area contributed by atoms with E-state index in [1.54, 1.807) is 30.3 Å². The fourth-order valence-electron chi connectivity index (χ4n) is 2.72. The van der Waals surface area contributed by atoms with Gasteiger partial charge in [-0.15, -0.1) is 0 Å². The molecule has 0 aliphatic carbocycles. The van der Waals surface area contributed by atoms with Crippen molar-refractivity contribution >= 4 is 30.0 Å². The number of benzene rings is 1. The number of rotatable bonds is 6. The van der Waals surface area contributed by atoms with Crippen molar-refractivity contribution in [2.75, 3.05) is 6.61 Å². The highest BCUT2D eigenvalue weighted by Crippen LogP contribution is 2.23. The average molecular weight is 406 g/mol. The van der Waals surface area contributed by atoms with E-state index in [0.717, 1.165) is 0 Å².